The lowest BCUT2D eigenvalue weighted by Gasteiger charge is -2.42. The first-order chi connectivity index (χ1) is 12.6. The molecule has 0 aliphatic carbocycles. The van der Waals surface area contributed by atoms with Gasteiger partial charge >= 0.3 is 5.97 Å². The highest BCUT2D eigenvalue weighted by Crippen LogP contribution is 2.42. The number of carbonyl (C=O) groups is 1. The Morgan fingerprint density at radius 2 is 1.81 bits per heavy atom. The highest BCUT2D eigenvalue weighted by Gasteiger charge is 2.44. The monoisotopic (exact) mass is 357 g/mol. The van der Waals surface area contributed by atoms with Gasteiger partial charge in [0.05, 0.1) is 11.0 Å². The molecule has 0 saturated carbocycles. The number of fused-ring (bicyclic) bond motifs is 1. The van der Waals surface area contributed by atoms with Crippen LogP contribution in [-0.2, 0) is 23.3 Å². The standard InChI is InChI=1S/C21H21F2NO2/c22-20(23)21(17-6-7-18-16(12-17)14-26-19(18)25)8-10-24(11-9-21)13-15-4-2-1-3-5-15/h1-7,12,20H,8-11,13-14H2. The Kier molecular flexibility index (Phi) is 4.49. The summed E-state index contributed by atoms with van der Waals surface area (Å²) in [5.41, 5.74) is 1.90. The zero-order chi connectivity index (χ0) is 18.1. The first kappa shape index (κ1) is 17.2. The third kappa shape index (κ3) is 3.01. The summed E-state index contributed by atoms with van der Waals surface area (Å²) in [5.74, 6) is -0.365. The van der Waals surface area contributed by atoms with Gasteiger partial charge in [0, 0.05) is 12.1 Å². The van der Waals surface area contributed by atoms with E-state index in [1.165, 1.54) is 5.56 Å². The maximum Gasteiger partial charge on any atom is 0.338 e. The van der Waals surface area contributed by atoms with Crippen LogP contribution in [0.3, 0.4) is 0 Å². The van der Waals surface area contributed by atoms with Crippen LogP contribution < -0.4 is 0 Å². The molecule has 4 rings (SSSR count). The van der Waals surface area contributed by atoms with E-state index < -0.39 is 11.8 Å². The summed E-state index contributed by atoms with van der Waals surface area (Å²) in [6, 6.07) is 15.2. The van der Waals surface area contributed by atoms with Crippen molar-refractivity contribution in [3.8, 4) is 0 Å². The second-order valence-corrected chi connectivity index (χ2v) is 7.17. The van der Waals surface area contributed by atoms with Crippen LogP contribution in [0.1, 0.15) is 39.9 Å². The fourth-order valence-corrected chi connectivity index (χ4v) is 4.03. The van der Waals surface area contributed by atoms with E-state index in [0.717, 1.165) is 12.1 Å². The second-order valence-electron chi connectivity index (χ2n) is 7.17. The molecule has 26 heavy (non-hydrogen) atoms. The summed E-state index contributed by atoms with van der Waals surface area (Å²) in [5, 5.41) is 0. The molecule has 0 N–H and O–H groups in total. The van der Waals surface area contributed by atoms with Crippen LogP contribution in [0.4, 0.5) is 8.78 Å². The van der Waals surface area contributed by atoms with Crippen molar-refractivity contribution in [3.05, 3.63) is 70.8 Å². The number of rotatable bonds is 4. The van der Waals surface area contributed by atoms with Gasteiger partial charge in [-0.3, -0.25) is 4.90 Å². The van der Waals surface area contributed by atoms with Gasteiger partial charge in [-0.25, -0.2) is 13.6 Å². The smallest absolute Gasteiger partial charge is 0.338 e. The minimum atomic E-state index is -2.43. The molecule has 0 aromatic heterocycles. The minimum Gasteiger partial charge on any atom is -0.457 e. The van der Waals surface area contributed by atoms with Gasteiger partial charge < -0.3 is 4.74 Å². The van der Waals surface area contributed by atoms with Crippen molar-refractivity contribution in [1.29, 1.82) is 0 Å². The van der Waals surface area contributed by atoms with Crippen molar-refractivity contribution in [2.75, 3.05) is 13.1 Å². The molecule has 1 saturated heterocycles. The largest absolute Gasteiger partial charge is 0.457 e. The SMILES string of the molecule is O=C1OCc2cc(C3(C(F)F)CCN(Cc4ccccc4)CC3)ccc21. The average molecular weight is 357 g/mol. The Hall–Kier alpha value is -2.27. The summed E-state index contributed by atoms with van der Waals surface area (Å²) in [7, 11) is 0. The lowest BCUT2D eigenvalue weighted by molar-refractivity contribution is 0.00433. The maximum atomic E-state index is 14.1. The molecule has 0 unspecified atom stereocenters. The van der Waals surface area contributed by atoms with Gasteiger partial charge in [-0.15, -0.1) is 0 Å². The topological polar surface area (TPSA) is 29.5 Å². The zero-order valence-electron chi connectivity index (χ0n) is 14.5. The number of halogens is 2. The van der Waals surface area contributed by atoms with E-state index in [4.69, 9.17) is 4.74 Å². The fourth-order valence-electron chi connectivity index (χ4n) is 4.03. The number of alkyl halides is 2. The van der Waals surface area contributed by atoms with Crippen LogP contribution in [0, 0.1) is 0 Å². The van der Waals surface area contributed by atoms with Gasteiger partial charge in [0.2, 0.25) is 6.43 Å². The molecular formula is C21H21F2NO2. The van der Waals surface area contributed by atoms with Gasteiger partial charge in [-0.1, -0.05) is 42.5 Å². The number of carbonyl (C=O) groups excluding carboxylic acids is 1. The van der Waals surface area contributed by atoms with Crippen LogP contribution in [-0.4, -0.2) is 30.4 Å². The first-order valence-electron chi connectivity index (χ1n) is 8.93. The molecule has 2 aromatic carbocycles. The molecule has 2 aromatic rings. The quantitative estimate of drug-likeness (QED) is 0.770. The Morgan fingerprint density at radius 1 is 1.08 bits per heavy atom. The average Bonchev–Trinajstić information content (AvgIpc) is 3.03. The summed E-state index contributed by atoms with van der Waals surface area (Å²) in [6.07, 6.45) is -1.62. The molecule has 136 valence electrons. The van der Waals surface area contributed by atoms with Crippen molar-refractivity contribution in [1.82, 2.24) is 4.90 Å². The third-order valence-corrected chi connectivity index (χ3v) is 5.67. The molecule has 0 spiro atoms. The number of hydrogen-bond donors (Lipinski definition) is 0. The van der Waals surface area contributed by atoms with E-state index in [0.29, 0.717) is 37.1 Å². The number of nitrogens with zero attached hydrogens (tertiary/aromatic N) is 1. The Balaban J connectivity index is 1.53. The Labute approximate surface area is 151 Å². The third-order valence-electron chi connectivity index (χ3n) is 5.67. The van der Waals surface area contributed by atoms with E-state index >= 15 is 0 Å². The predicted molar refractivity (Wildman–Crippen MR) is 94.2 cm³/mol. The second kappa shape index (κ2) is 6.80. The first-order valence-corrected chi connectivity index (χ1v) is 8.93. The number of benzene rings is 2. The summed E-state index contributed by atoms with van der Waals surface area (Å²) in [6.45, 7) is 2.23. The van der Waals surface area contributed by atoms with Gasteiger partial charge in [-0.2, -0.15) is 0 Å². The van der Waals surface area contributed by atoms with Gasteiger partial charge in [0.15, 0.2) is 0 Å². The van der Waals surface area contributed by atoms with Crippen LogP contribution in [0.25, 0.3) is 0 Å². The maximum absolute atomic E-state index is 14.1. The predicted octanol–water partition coefficient (Wildman–Crippen LogP) is 4.16. The number of likely N-dealkylation sites (tertiary alicyclic amines) is 1. The van der Waals surface area contributed by atoms with Gasteiger partial charge in [0.1, 0.15) is 6.61 Å². The Morgan fingerprint density at radius 3 is 2.50 bits per heavy atom. The molecule has 2 aliphatic rings. The number of cyclic esters (lactones) is 1. The lowest BCUT2D eigenvalue weighted by Crippen LogP contribution is -2.46. The number of piperidine rings is 1. The van der Waals surface area contributed by atoms with Crippen LogP contribution in [0.5, 0.6) is 0 Å². The van der Waals surface area contributed by atoms with E-state index in [2.05, 4.69) is 17.0 Å². The van der Waals surface area contributed by atoms with Crippen LogP contribution >= 0.6 is 0 Å². The van der Waals surface area contributed by atoms with Crippen molar-refractivity contribution >= 4 is 5.97 Å². The molecule has 2 aliphatic heterocycles. The van der Waals surface area contributed by atoms with Crippen LogP contribution in [0.15, 0.2) is 48.5 Å². The normalized spacial score (nSPS) is 19.4. The molecule has 1 fully saturated rings. The van der Waals surface area contributed by atoms with E-state index in [1.54, 1.807) is 18.2 Å². The zero-order valence-corrected chi connectivity index (χ0v) is 14.5. The number of hydrogen-bond acceptors (Lipinski definition) is 3. The Bertz CT molecular complexity index is 799. The van der Waals surface area contributed by atoms with Crippen molar-refractivity contribution in [3.63, 3.8) is 0 Å². The van der Waals surface area contributed by atoms with Crippen molar-refractivity contribution in [2.45, 2.75) is 37.8 Å². The fraction of sp³-hybridized carbons (Fsp3) is 0.381. The lowest BCUT2D eigenvalue weighted by atomic mass is 9.72. The number of esters is 1. The summed E-state index contributed by atoms with van der Waals surface area (Å²) >= 11 is 0. The van der Waals surface area contributed by atoms with E-state index in [1.807, 2.05) is 18.2 Å². The molecule has 0 bridgehead atoms. The van der Waals surface area contributed by atoms with Crippen molar-refractivity contribution < 1.29 is 18.3 Å². The molecule has 3 nitrogen and oxygen atoms in total. The summed E-state index contributed by atoms with van der Waals surface area (Å²) < 4.78 is 33.3. The highest BCUT2D eigenvalue weighted by atomic mass is 19.3. The van der Waals surface area contributed by atoms with Gasteiger partial charge in [-0.05, 0) is 43.1 Å². The molecule has 0 radical (unpaired) electrons. The highest BCUT2D eigenvalue weighted by molar-refractivity contribution is 5.93. The number of ether oxygens (including phenoxy) is 1. The minimum absolute atomic E-state index is 0.182. The molecule has 0 atom stereocenters. The molecular weight excluding hydrogens is 336 g/mol. The van der Waals surface area contributed by atoms with Gasteiger partial charge in [0.25, 0.3) is 0 Å². The van der Waals surface area contributed by atoms with Crippen LogP contribution in [0.2, 0.25) is 0 Å². The van der Waals surface area contributed by atoms with E-state index in [-0.39, 0.29) is 12.6 Å². The molecule has 5 heteroatoms. The van der Waals surface area contributed by atoms with E-state index in [9.17, 15) is 13.6 Å². The summed E-state index contributed by atoms with van der Waals surface area (Å²) in [4.78, 5) is 13.8. The molecule has 0 amide bonds. The van der Waals surface area contributed by atoms with Crippen molar-refractivity contribution in [2.24, 2.45) is 0 Å². The molecule has 2 heterocycles.